The highest BCUT2D eigenvalue weighted by atomic mass is 35.5. The Morgan fingerprint density at radius 2 is 1.95 bits per heavy atom. The maximum Gasteiger partial charge on any atom is 0.311 e. The summed E-state index contributed by atoms with van der Waals surface area (Å²) in [6, 6.07) is 14.4. The number of rotatable bonds is 9. The van der Waals surface area contributed by atoms with Crippen LogP contribution in [-0.4, -0.2) is 38.1 Å². The first-order valence-corrected chi connectivity index (χ1v) is 12.8. The second-order valence-corrected chi connectivity index (χ2v) is 10.1. The smallest absolute Gasteiger partial charge is 0.311 e. The summed E-state index contributed by atoms with van der Waals surface area (Å²) in [5, 5.41) is 19.6. The minimum atomic E-state index is -0.437. The highest BCUT2D eigenvalue weighted by molar-refractivity contribution is 6.32. The zero-order valence-electron chi connectivity index (χ0n) is 20.4. The van der Waals surface area contributed by atoms with Crippen molar-refractivity contribution < 1.29 is 14.4 Å². The number of halogens is 1. The number of aromatic nitrogens is 3. The van der Waals surface area contributed by atoms with Gasteiger partial charge in [-0.1, -0.05) is 17.7 Å². The minimum absolute atomic E-state index is 0.0986. The third kappa shape index (κ3) is 4.92. The molecule has 0 unspecified atom stereocenters. The molecule has 4 aromatic rings. The third-order valence-corrected chi connectivity index (χ3v) is 7.46. The van der Waals surface area contributed by atoms with E-state index in [0.717, 1.165) is 31.4 Å². The Hall–Kier alpha value is -4.02. The zero-order chi connectivity index (χ0) is 26.1. The van der Waals surface area contributed by atoms with Gasteiger partial charge in [0.15, 0.2) is 5.75 Å². The normalized spacial score (nSPS) is 20.0. The van der Waals surface area contributed by atoms with Gasteiger partial charge >= 0.3 is 5.69 Å². The molecule has 38 heavy (non-hydrogen) atoms. The third-order valence-electron chi connectivity index (χ3n) is 7.17. The lowest BCUT2D eigenvalue weighted by atomic mass is 9.89. The van der Waals surface area contributed by atoms with Gasteiger partial charge in [0.25, 0.3) is 0 Å². The Kier molecular flexibility index (Phi) is 6.42. The second kappa shape index (κ2) is 10.0. The molecule has 2 aliphatic heterocycles. The van der Waals surface area contributed by atoms with Crippen LogP contribution in [-0.2, 0) is 6.61 Å². The summed E-state index contributed by atoms with van der Waals surface area (Å²) in [5.41, 5.74) is 1.74. The van der Waals surface area contributed by atoms with Crippen molar-refractivity contribution in [3.63, 3.8) is 0 Å². The van der Waals surface area contributed by atoms with Gasteiger partial charge in [-0.3, -0.25) is 15.1 Å². The van der Waals surface area contributed by atoms with Crippen molar-refractivity contribution in [2.75, 3.05) is 11.9 Å². The number of hydrogen-bond acceptors (Lipinski definition) is 9. The van der Waals surface area contributed by atoms with E-state index in [1.807, 2.05) is 18.2 Å². The molecule has 10 nitrogen and oxygen atoms in total. The molecular weight excluding hydrogens is 508 g/mol. The van der Waals surface area contributed by atoms with Crippen LogP contribution in [0.5, 0.6) is 11.5 Å². The first kappa shape index (κ1) is 24.3. The Labute approximate surface area is 223 Å². The fraction of sp³-hybridized carbons (Fsp3) is 0.296. The highest BCUT2D eigenvalue weighted by Crippen LogP contribution is 2.40. The van der Waals surface area contributed by atoms with Crippen LogP contribution in [0.25, 0.3) is 10.9 Å². The number of nitrogens with zero attached hydrogens (tertiary/aromatic N) is 4. The summed E-state index contributed by atoms with van der Waals surface area (Å²) in [6.07, 6.45) is 7.38. The lowest BCUT2D eigenvalue weighted by molar-refractivity contribution is -0.385. The van der Waals surface area contributed by atoms with E-state index in [9.17, 15) is 10.1 Å². The van der Waals surface area contributed by atoms with E-state index < -0.39 is 4.92 Å². The SMILES string of the molecule is O=[N+]([O-])c1cc2c(Nc3ccc(OCc4ccccn4)c(Cl)c3)ncnc2cc1OCC12CCC(CC1)N2. The van der Waals surface area contributed by atoms with Crippen molar-refractivity contribution in [3.05, 3.63) is 81.9 Å². The summed E-state index contributed by atoms with van der Waals surface area (Å²) >= 11 is 6.45. The molecule has 194 valence electrons. The van der Waals surface area contributed by atoms with E-state index in [4.69, 9.17) is 21.1 Å². The van der Waals surface area contributed by atoms with Crippen LogP contribution in [0.1, 0.15) is 31.4 Å². The summed E-state index contributed by atoms with van der Waals surface area (Å²) in [6.45, 7) is 0.676. The predicted molar refractivity (Wildman–Crippen MR) is 143 cm³/mol. The van der Waals surface area contributed by atoms with Gasteiger partial charge in [-0.2, -0.15) is 0 Å². The number of nitro groups is 1. The molecule has 2 N–H and O–H groups in total. The molecule has 0 spiro atoms. The molecule has 0 atom stereocenters. The molecule has 0 saturated carbocycles. The molecule has 4 heterocycles. The molecule has 11 heteroatoms. The molecule has 2 aromatic carbocycles. The quantitative estimate of drug-likeness (QED) is 0.210. The summed E-state index contributed by atoms with van der Waals surface area (Å²) in [7, 11) is 0. The van der Waals surface area contributed by atoms with E-state index in [-0.39, 0.29) is 23.6 Å². The van der Waals surface area contributed by atoms with E-state index in [2.05, 4.69) is 25.6 Å². The summed E-state index contributed by atoms with van der Waals surface area (Å²) < 4.78 is 11.8. The zero-order valence-corrected chi connectivity index (χ0v) is 21.1. The number of pyridine rings is 1. The topological polar surface area (TPSA) is 124 Å². The van der Waals surface area contributed by atoms with E-state index >= 15 is 0 Å². The number of anilines is 2. The van der Waals surface area contributed by atoms with Gasteiger partial charge in [0.05, 0.1) is 32.1 Å². The summed E-state index contributed by atoms with van der Waals surface area (Å²) in [5.74, 6) is 1.13. The van der Waals surface area contributed by atoms with Gasteiger partial charge < -0.3 is 20.1 Å². The molecule has 2 fully saturated rings. The van der Waals surface area contributed by atoms with E-state index in [0.29, 0.717) is 45.8 Å². The molecule has 2 bridgehead atoms. The van der Waals surface area contributed by atoms with Crippen molar-refractivity contribution in [3.8, 4) is 11.5 Å². The highest BCUT2D eigenvalue weighted by Gasteiger charge is 2.45. The standard InChI is InChI=1S/C27H25ClN6O4/c28-21-11-18(4-5-24(21)37-14-19-3-1-2-10-29-19)32-26-20-12-23(34(35)36)25(13-22(20)30-16-31-26)38-15-27-8-6-17(33-27)7-9-27/h1-5,10-13,16-17,33H,6-9,14-15H2,(H,30,31,32). The van der Waals surface area contributed by atoms with Crippen LogP contribution in [0.4, 0.5) is 17.2 Å². The maximum atomic E-state index is 11.9. The average Bonchev–Trinajstić information content (AvgIpc) is 3.53. The van der Waals surface area contributed by atoms with Gasteiger partial charge in [-0.25, -0.2) is 9.97 Å². The lowest BCUT2D eigenvalue weighted by Gasteiger charge is -2.25. The van der Waals surface area contributed by atoms with Crippen molar-refractivity contribution in [1.29, 1.82) is 0 Å². The van der Waals surface area contributed by atoms with Crippen LogP contribution >= 0.6 is 11.6 Å². The van der Waals surface area contributed by atoms with Gasteiger partial charge in [-0.05, 0) is 56.0 Å². The Bertz CT molecular complexity index is 1490. The van der Waals surface area contributed by atoms with Crippen LogP contribution in [0, 0.1) is 10.1 Å². The Morgan fingerprint density at radius 1 is 1.08 bits per heavy atom. The molecule has 6 rings (SSSR count). The molecule has 2 aliphatic rings. The Balaban J connectivity index is 1.22. The first-order valence-electron chi connectivity index (χ1n) is 12.4. The van der Waals surface area contributed by atoms with E-state index in [1.54, 1.807) is 30.5 Å². The fourth-order valence-electron chi connectivity index (χ4n) is 5.19. The summed E-state index contributed by atoms with van der Waals surface area (Å²) in [4.78, 5) is 24.4. The Morgan fingerprint density at radius 3 is 2.66 bits per heavy atom. The van der Waals surface area contributed by atoms with Gasteiger partial charge in [0.1, 0.15) is 31.1 Å². The molecule has 0 radical (unpaired) electrons. The van der Waals surface area contributed by atoms with Crippen LogP contribution in [0.2, 0.25) is 5.02 Å². The van der Waals surface area contributed by atoms with Gasteiger partial charge in [-0.15, -0.1) is 0 Å². The minimum Gasteiger partial charge on any atom is -0.486 e. The monoisotopic (exact) mass is 532 g/mol. The van der Waals surface area contributed by atoms with Crippen molar-refractivity contribution in [2.45, 2.75) is 43.9 Å². The number of hydrogen-bond donors (Lipinski definition) is 2. The molecular formula is C27H25ClN6O4. The molecule has 2 aromatic heterocycles. The van der Waals surface area contributed by atoms with Crippen LogP contribution in [0.3, 0.4) is 0 Å². The average molecular weight is 533 g/mol. The second-order valence-electron chi connectivity index (χ2n) is 9.68. The lowest BCUT2D eigenvalue weighted by Crippen LogP contribution is -2.42. The van der Waals surface area contributed by atoms with Gasteiger partial charge in [0.2, 0.25) is 0 Å². The molecule has 2 saturated heterocycles. The largest absolute Gasteiger partial charge is 0.486 e. The molecule has 0 aliphatic carbocycles. The van der Waals surface area contributed by atoms with Crippen molar-refractivity contribution in [2.24, 2.45) is 0 Å². The fourth-order valence-corrected chi connectivity index (χ4v) is 5.43. The number of nitrogens with one attached hydrogen (secondary N) is 2. The number of benzene rings is 2. The predicted octanol–water partition coefficient (Wildman–Crippen LogP) is 5.57. The van der Waals surface area contributed by atoms with E-state index in [1.165, 1.54) is 12.4 Å². The van der Waals surface area contributed by atoms with Gasteiger partial charge in [0, 0.05) is 30.1 Å². The molecule has 0 amide bonds. The number of fused-ring (bicyclic) bond motifs is 3. The number of ether oxygens (including phenoxy) is 2. The van der Waals surface area contributed by atoms with Crippen molar-refractivity contribution >= 4 is 39.7 Å². The van der Waals surface area contributed by atoms with Crippen molar-refractivity contribution in [1.82, 2.24) is 20.3 Å². The number of nitro benzene ring substituents is 1. The maximum absolute atomic E-state index is 11.9. The van der Waals surface area contributed by atoms with Crippen LogP contribution < -0.4 is 20.1 Å². The first-order chi connectivity index (χ1) is 18.5. The van der Waals surface area contributed by atoms with Crippen LogP contribution in [0.15, 0.2) is 61.1 Å².